The number of halogens is 1. The summed E-state index contributed by atoms with van der Waals surface area (Å²) in [5.74, 6) is 0.621. The number of hydrogen-bond acceptors (Lipinski definition) is 3. The molecule has 1 N–H and O–H groups in total. The van der Waals surface area contributed by atoms with Crippen molar-refractivity contribution in [3.8, 4) is 11.3 Å². The molecule has 156 valence electrons. The molecule has 4 aromatic rings. The van der Waals surface area contributed by atoms with Gasteiger partial charge in [-0.3, -0.25) is 0 Å². The van der Waals surface area contributed by atoms with Crippen LogP contribution in [-0.2, 0) is 6.42 Å². The molecule has 0 bridgehead atoms. The third kappa shape index (κ3) is 5.40. The molecule has 0 spiro atoms. The van der Waals surface area contributed by atoms with Gasteiger partial charge in [0.1, 0.15) is 0 Å². The minimum atomic E-state index is -0.682. The van der Waals surface area contributed by atoms with Gasteiger partial charge in [0.05, 0.1) is 17.4 Å². The topological polar surface area (TPSA) is 46.3 Å². The van der Waals surface area contributed by atoms with Crippen LogP contribution in [0, 0.1) is 6.92 Å². The molecular weight excluding hydrogens is 450 g/mol. The highest BCUT2D eigenvalue weighted by Crippen LogP contribution is 2.33. The Labute approximate surface area is 191 Å². The van der Waals surface area contributed by atoms with E-state index in [-0.39, 0.29) is 0 Å². The van der Waals surface area contributed by atoms with Crippen molar-refractivity contribution in [2.45, 2.75) is 25.9 Å². The Bertz CT molecular complexity index is 1150. The van der Waals surface area contributed by atoms with E-state index in [1.165, 1.54) is 11.1 Å². The minimum absolute atomic E-state index is 0.483. The van der Waals surface area contributed by atoms with E-state index in [9.17, 15) is 5.11 Å². The van der Waals surface area contributed by atoms with Crippen molar-refractivity contribution in [1.82, 2.24) is 5.16 Å². The third-order valence-electron chi connectivity index (χ3n) is 5.25. The van der Waals surface area contributed by atoms with Crippen LogP contribution >= 0.6 is 15.9 Å². The Kier molecular flexibility index (Phi) is 6.80. The van der Waals surface area contributed by atoms with Gasteiger partial charge in [-0.2, -0.15) is 0 Å². The van der Waals surface area contributed by atoms with Gasteiger partial charge in [-0.25, -0.2) is 0 Å². The fourth-order valence-corrected chi connectivity index (χ4v) is 3.87. The first-order valence-electron chi connectivity index (χ1n) is 10.3. The first-order valence-corrected chi connectivity index (χ1v) is 11.1. The molecule has 3 nitrogen and oxygen atoms in total. The zero-order valence-electron chi connectivity index (χ0n) is 17.3. The first kappa shape index (κ1) is 21.3. The predicted molar refractivity (Wildman–Crippen MR) is 129 cm³/mol. The number of aryl methyl sites for hydroxylation is 1. The van der Waals surface area contributed by atoms with Crippen LogP contribution in [0.2, 0.25) is 0 Å². The van der Waals surface area contributed by atoms with Crippen molar-refractivity contribution in [2.24, 2.45) is 0 Å². The average molecular weight is 474 g/mol. The van der Waals surface area contributed by atoms with Gasteiger partial charge in [-0.1, -0.05) is 100.0 Å². The molecule has 0 aliphatic rings. The van der Waals surface area contributed by atoms with Gasteiger partial charge in [-0.15, -0.1) is 0 Å². The molecule has 3 aromatic carbocycles. The monoisotopic (exact) mass is 473 g/mol. The van der Waals surface area contributed by atoms with Gasteiger partial charge in [0.15, 0.2) is 5.76 Å². The fourth-order valence-electron chi connectivity index (χ4n) is 3.61. The first-order chi connectivity index (χ1) is 15.1. The quantitative estimate of drug-likeness (QED) is 0.310. The van der Waals surface area contributed by atoms with Crippen LogP contribution in [0.1, 0.15) is 40.5 Å². The maximum Gasteiger partial charge on any atom is 0.172 e. The van der Waals surface area contributed by atoms with E-state index in [2.05, 4.69) is 69.6 Å². The molecule has 0 radical (unpaired) electrons. The van der Waals surface area contributed by atoms with Crippen molar-refractivity contribution in [3.63, 3.8) is 0 Å². The Morgan fingerprint density at radius 2 is 1.61 bits per heavy atom. The van der Waals surface area contributed by atoms with Gasteiger partial charge >= 0.3 is 0 Å². The number of benzene rings is 3. The van der Waals surface area contributed by atoms with Crippen LogP contribution in [0.25, 0.3) is 17.4 Å². The summed E-state index contributed by atoms with van der Waals surface area (Å²) in [5, 5.41) is 14.9. The second kappa shape index (κ2) is 9.90. The van der Waals surface area contributed by atoms with E-state index in [1.807, 2.05) is 49.4 Å². The third-order valence-corrected chi connectivity index (χ3v) is 5.78. The Hall–Kier alpha value is -2.95. The van der Waals surface area contributed by atoms with Gasteiger partial charge in [-0.05, 0) is 48.6 Å². The second-order valence-electron chi connectivity index (χ2n) is 7.58. The number of nitrogens with zero attached hydrogens (tertiary/aromatic N) is 1. The van der Waals surface area contributed by atoms with Crippen molar-refractivity contribution in [2.75, 3.05) is 0 Å². The van der Waals surface area contributed by atoms with Crippen LogP contribution in [-0.4, -0.2) is 10.3 Å². The molecule has 0 fully saturated rings. The maximum atomic E-state index is 10.8. The molecule has 31 heavy (non-hydrogen) atoms. The van der Waals surface area contributed by atoms with Crippen LogP contribution in [0.4, 0.5) is 0 Å². The van der Waals surface area contributed by atoms with Crippen LogP contribution in [0.15, 0.2) is 93.9 Å². The van der Waals surface area contributed by atoms with Crippen molar-refractivity contribution in [1.29, 1.82) is 0 Å². The smallest absolute Gasteiger partial charge is 0.172 e. The summed E-state index contributed by atoms with van der Waals surface area (Å²) in [5.41, 5.74) is 6.05. The molecule has 0 aliphatic carbocycles. The number of aliphatic hydroxyl groups is 1. The molecule has 1 heterocycles. The van der Waals surface area contributed by atoms with Crippen molar-refractivity contribution < 1.29 is 9.63 Å². The van der Waals surface area contributed by atoms with Crippen LogP contribution in [0.3, 0.4) is 0 Å². The molecule has 1 atom stereocenters. The molecule has 0 saturated heterocycles. The molecule has 0 amide bonds. The van der Waals surface area contributed by atoms with E-state index in [4.69, 9.17) is 4.52 Å². The lowest BCUT2D eigenvalue weighted by Gasteiger charge is -2.09. The molecule has 1 unspecified atom stereocenters. The lowest BCUT2D eigenvalue weighted by atomic mass is 9.99. The number of aliphatic hydroxyl groups excluding tert-OH is 1. The molecule has 4 rings (SSSR count). The maximum absolute atomic E-state index is 10.8. The van der Waals surface area contributed by atoms with E-state index >= 15 is 0 Å². The molecule has 1 aromatic heterocycles. The second-order valence-corrected chi connectivity index (χ2v) is 8.49. The number of hydrogen-bond donors (Lipinski definition) is 1. The average Bonchev–Trinajstić information content (AvgIpc) is 3.17. The highest BCUT2D eigenvalue weighted by molar-refractivity contribution is 9.10. The Balaban J connectivity index is 1.41. The highest BCUT2D eigenvalue weighted by Gasteiger charge is 2.21. The summed E-state index contributed by atoms with van der Waals surface area (Å²) in [6.07, 6.45) is 4.76. The normalized spacial score (nSPS) is 12.4. The van der Waals surface area contributed by atoms with Gasteiger partial charge in [0, 0.05) is 10.0 Å². The number of aromatic nitrogens is 1. The van der Waals surface area contributed by atoms with Crippen LogP contribution < -0.4 is 0 Å². The van der Waals surface area contributed by atoms with Gasteiger partial charge in [0.2, 0.25) is 0 Å². The highest BCUT2D eigenvalue weighted by atomic mass is 79.9. The Morgan fingerprint density at radius 3 is 2.32 bits per heavy atom. The van der Waals surface area contributed by atoms with E-state index in [1.54, 1.807) is 0 Å². The van der Waals surface area contributed by atoms with E-state index < -0.39 is 6.10 Å². The summed E-state index contributed by atoms with van der Waals surface area (Å²) in [4.78, 5) is 0. The molecule has 0 aliphatic heterocycles. The zero-order valence-corrected chi connectivity index (χ0v) is 18.9. The van der Waals surface area contributed by atoms with Gasteiger partial charge in [0.25, 0.3) is 0 Å². The lowest BCUT2D eigenvalue weighted by molar-refractivity contribution is 0.181. The van der Waals surface area contributed by atoms with E-state index in [0.29, 0.717) is 17.9 Å². The minimum Gasteiger partial charge on any atom is -0.388 e. The molecule has 0 saturated carbocycles. The predicted octanol–water partition coefficient (Wildman–Crippen LogP) is 7.14. The number of rotatable bonds is 7. The summed E-state index contributed by atoms with van der Waals surface area (Å²) < 4.78 is 6.51. The summed E-state index contributed by atoms with van der Waals surface area (Å²) >= 11 is 3.44. The molecule has 4 heteroatoms. The lowest BCUT2D eigenvalue weighted by Crippen LogP contribution is -1.98. The standard InChI is InChI=1S/C27H24BrNO2/c1-19-26(27(31-29-19)23-14-16-24(28)17-15-23)25(30)9-5-8-20-10-12-22(13-11-20)18-21-6-3-2-4-7-21/h2-8,10-17,25,30H,9,18H2,1H3. The fraction of sp³-hybridized carbons (Fsp3) is 0.148. The van der Waals surface area contributed by atoms with Gasteiger partial charge < -0.3 is 9.63 Å². The van der Waals surface area contributed by atoms with Crippen LogP contribution in [0.5, 0.6) is 0 Å². The van der Waals surface area contributed by atoms with Crippen molar-refractivity contribution >= 4 is 22.0 Å². The summed E-state index contributed by atoms with van der Waals surface area (Å²) in [7, 11) is 0. The Morgan fingerprint density at radius 1 is 0.935 bits per heavy atom. The zero-order chi connectivity index (χ0) is 21.6. The van der Waals surface area contributed by atoms with E-state index in [0.717, 1.165) is 27.6 Å². The summed E-state index contributed by atoms with van der Waals surface area (Å²) in [6.45, 7) is 1.86. The SMILES string of the molecule is Cc1noc(-c2ccc(Br)cc2)c1C(O)CC=Cc1ccc(Cc2ccccc2)cc1. The largest absolute Gasteiger partial charge is 0.388 e. The summed E-state index contributed by atoms with van der Waals surface area (Å²) in [6, 6.07) is 26.8. The molecular formula is C27H24BrNO2. The van der Waals surface area contributed by atoms with Crippen molar-refractivity contribution in [3.05, 3.63) is 117 Å².